The summed E-state index contributed by atoms with van der Waals surface area (Å²) in [7, 11) is 2.11. The quantitative estimate of drug-likeness (QED) is 0.581. The molecule has 0 atom stereocenters. The fourth-order valence-electron chi connectivity index (χ4n) is 3.41. The van der Waals surface area contributed by atoms with Gasteiger partial charge in [-0.3, -0.25) is 9.59 Å². The molecule has 1 aliphatic rings. The van der Waals surface area contributed by atoms with Crippen molar-refractivity contribution in [2.24, 2.45) is 0 Å². The van der Waals surface area contributed by atoms with Gasteiger partial charge >= 0.3 is 0 Å². The van der Waals surface area contributed by atoms with E-state index in [1.807, 2.05) is 42.5 Å². The molecule has 0 radical (unpaired) electrons. The second-order valence-corrected chi connectivity index (χ2v) is 7.71. The highest BCUT2D eigenvalue weighted by atomic mass is 16.5. The summed E-state index contributed by atoms with van der Waals surface area (Å²) in [6.07, 6.45) is 1.76. The number of likely N-dealkylation sites (N-methyl/N-ethyl adjacent to an activating group) is 1. The van der Waals surface area contributed by atoms with Crippen LogP contribution in [0.2, 0.25) is 0 Å². The van der Waals surface area contributed by atoms with Crippen molar-refractivity contribution in [1.29, 1.82) is 0 Å². The molecule has 1 aliphatic heterocycles. The molecule has 0 saturated carbocycles. The number of carbonyl (C=O) groups is 2. The molecule has 1 fully saturated rings. The maximum absolute atomic E-state index is 12.3. The smallest absolute Gasteiger partial charge is 0.273 e. The fourth-order valence-corrected chi connectivity index (χ4v) is 3.41. The number of aromatic nitrogens is 2. The summed E-state index contributed by atoms with van der Waals surface area (Å²) in [6.45, 7) is 4.07. The molecule has 2 amide bonds. The number of rotatable bonds is 7. The zero-order valence-electron chi connectivity index (χ0n) is 18.0. The lowest BCUT2D eigenvalue weighted by atomic mass is 10.1. The molecule has 166 valence electrons. The topological polar surface area (TPSA) is 104 Å². The normalized spacial score (nSPS) is 14.2. The van der Waals surface area contributed by atoms with Crippen molar-refractivity contribution in [1.82, 2.24) is 25.7 Å². The molecule has 3 aromatic rings. The Hall–Kier alpha value is -3.72. The Morgan fingerprint density at radius 2 is 1.81 bits per heavy atom. The van der Waals surface area contributed by atoms with Gasteiger partial charge in [0.15, 0.2) is 11.5 Å². The highest BCUT2D eigenvalue weighted by Gasteiger charge is 2.16. The average molecular weight is 435 g/mol. The van der Waals surface area contributed by atoms with Crippen LogP contribution in [0.1, 0.15) is 16.1 Å². The zero-order valence-corrected chi connectivity index (χ0v) is 18.0. The number of benzene rings is 1. The van der Waals surface area contributed by atoms with Crippen molar-refractivity contribution in [2.45, 2.75) is 6.54 Å². The van der Waals surface area contributed by atoms with Gasteiger partial charge in [0.25, 0.3) is 5.91 Å². The lowest BCUT2D eigenvalue weighted by Crippen LogP contribution is -2.44. The van der Waals surface area contributed by atoms with Gasteiger partial charge in [-0.2, -0.15) is 0 Å². The first-order valence-corrected chi connectivity index (χ1v) is 10.5. The summed E-state index contributed by atoms with van der Waals surface area (Å²) in [4.78, 5) is 33.5. The summed E-state index contributed by atoms with van der Waals surface area (Å²) in [5.74, 6) is 0.655. The third kappa shape index (κ3) is 5.50. The molecular formula is C23H26N6O3. The molecule has 9 heteroatoms. The molecule has 32 heavy (non-hydrogen) atoms. The van der Waals surface area contributed by atoms with Crippen molar-refractivity contribution >= 4 is 17.6 Å². The molecule has 9 nitrogen and oxygen atoms in total. The number of nitrogens with one attached hydrogen (secondary N) is 2. The Morgan fingerprint density at radius 3 is 2.59 bits per heavy atom. The fraction of sp³-hybridized carbons (Fsp3) is 0.304. The Labute approximate surface area is 186 Å². The Morgan fingerprint density at radius 1 is 1.03 bits per heavy atom. The number of piperazine rings is 1. The monoisotopic (exact) mass is 434 g/mol. The second kappa shape index (κ2) is 10.1. The summed E-state index contributed by atoms with van der Waals surface area (Å²) in [5, 5.41) is 9.18. The third-order valence-corrected chi connectivity index (χ3v) is 5.34. The van der Waals surface area contributed by atoms with E-state index in [1.54, 1.807) is 12.3 Å². The van der Waals surface area contributed by atoms with E-state index in [2.05, 4.69) is 37.6 Å². The summed E-state index contributed by atoms with van der Waals surface area (Å²) < 4.78 is 5.23. The average Bonchev–Trinajstić information content (AvgIpc) is 3.33. The lowest BCUT2D eigenvalue weighted by Gasteiger charge is -2.33. The maximum atomic E-state index is 12.3. The molecule has 4 rings (SSSR count). The molecular weight excluding hydrogens is 408 g/mol. The van der Waals surface area contributed by atoms with Gasteiger partial charge in [0.2, 0.25) is 5.91 Å². The first-order valence-electron chi connectivity index (χ1n) is 10.5. The summed E-state index contributed by atoms with van der Waals surface area (Å²) in [6, 6.07) is 14.8. The van der Waals surface area contributed by atoms with Gasteiger partial charge in [-0.05, 0) is 24.7 Å². The summed E-state index contributed by atoms with van der Waals surface area (Å²) in [5.41, 5.74) is 1.91. The number of hydrogen-bond acceptors (Lipinski definition) is 7. The van der Waals surface area contributed by atoms with Crippen LogP contribution in [0.25, 0.3) is 11.3 Å². The largest absolute Gasteiger partial charge is 0.355 e. The molecule has 0 aliphatic carbocycles. The zero-order chi connectivity index (χ0) is 22.3. The number of carbonyl (C=O) groups excluding carboxylic acids is 2. The number of nitrogens with zero attached hydrogens (tertiary/aromatic N) is 4. The number of hydrogen-bond donors (Lipinski definition) is 2. The molecule has 1 aromatic carbocycles. The van der Waals surface area contributed by atoms with Crippen LogP contribution in [0.4, 0.5) is 5.82 Å². The number of anilines is 1. The lowest BCUT2D eigenvalue weighted by molar-refractivity contribution is -0.120. The van der Waals surface area contributed by atoms with Crippen LogP contribution in [0, 0.1) is 0 Å². The van der Waals surface area contributed by atoms with E-state index >= 15 is 0 Å². The van der Waals surface area contributed by atoms with E-state index in [1.165, 1.54) is 0 Å². The van der Waals surface area contributed by atoms with Crippen LogP contribution < -0.4 is 15.5 Å². The summed E-state index contributed by atoms with van der Waals surface area (Å²) >= 11 is 0. The standard InChI is InChI=1S/C23H26N6O3/c1-28-9-11-29(12-10-28)21-13-17(7-8-24-21)15-25-22(30)16-26-23(31)19-14-20(32-27-19)18-5-3-2-4-6-18/h2-8,13-14H,9-12,15-16H2,1H3,(H,25,30)(H,26,31). The van der Waals surface area contributed by atoms with Crippen molar-refractivity contribution in [3.63, 3.8) is 0 Å². The van der Waals surface area contributed by atoms with Gasteiger partial charge in [-0.15, -0.1) is 0 Å². The van der Waals surface area contributed by atoms with E-state index in [0.29, 0.717) is 12.3 Å². The van der Waals surface area contributed by atoms with E-state index in [0.717, 1.165) is 43.1 Å². The van der Waals surface area contributed by atoms with Gasteiger partial charge in [-0.25, -0.2) is 4.98 Å². The Balaban J connectivity index is 1.25. The first-order chi connectivity index (χ1) is 15.6. The molecule has 3 heterocycles. The van der Waals surface area contributed by atoms with E-state index in [-0.39, 0.29) is 18.1 Å². The van der Waals surface area contributed by atoms with Crippen LogP contribution in [0.3, 0.4) is 0 Å². The predicted molar refractivity (Wildman–Crippen MR) is 120 cm³/mol. The minimum Gasteiger partial charge on any atom is -0.355 e. The third-order valence-electron chi connectivity index (χ3n) is 5.34. The minimum atomic E-state index is -0.465. The van der Waals surface area contributed by atoms with E-state index in [4.69, 9.17) is 4.52 Å². The predicted octanol–water partition coefficient (Wildman–Crippen LogP) is 1.53. The number of pyridine rings is 1. The van der Waals surface area contributed by atoms with E-state index < -0.39 is 5.91 Å². The maximum Gasteiger partial charge on any atom is 0.273 e. The van der Waals surface area contributed by atoms with Gasteiger partial charge in [0, 0.05) is 50.6 Å². The van der Waals surface area contributed by atoms with Crippen LogP contribution in [-0.4, -0.2) is 66.6 Å². The van der Waals surface area contributed by atoms with Crippen LogP contribution in [0.5, 0.6) is 0 Å². The highest BCUT2D eigenvalue weighted by molar-refractivity contribution is 5.95. The molecule has 0 spiro atoms. The van der Waals surface area contributed by atoms with Crippen LogP contribution in [-0.2, 0) is 11.3 Å². The highest BCUT2D eigenvalue weighted by Crippen LogP contribution is 2.19. The molecule has 0 unspecified atom stereocenters. The number of amides is 2. The Kier molecular flexibility index (Phi) is 6.76. The second-order valence-electron chi connectivity index (χ2n) is 7.71. The van der Waals surface area contributed by atoms with Crippen molar-refractivity contribution in [3.8, 4) is 11.3 Å². The molecule has 0 bridgehead atoms. The van der Waals surface area contributed by atoms with Crippen molar-refractivity contribution < 1.29 is 14.1 Å². The van der Waals surface area contributed by atoms with Gasteiger partial charge in [0.1, 0.15) is 5.82 Å². The minimum absolute atomic E-state index is 0.127. The van der Waals surface area contributed by atoms with Gasteiger partial charge in [0.05, 0.1) is 6.54 Å². The van der Waals surface area contributed by atoms with Gasteiger partial charge in [-0.1, -0.05) is 35.5 Å². The Bertz CT molecular complexity index is 1060. The van der Waals surface area contributed by atoms with E-state index in [9.17, 15) is 9.59 Å². The SMILES string of the molecule is CN1CCN(c2cc(CNC(=O)CNC(=O)c3cc(-c4ccccc4)on3)ccn2)CC1. The van der Waals surface area contributed by atoms with Crippen LogP contribution in [0.15, 0.2) is 59.3 Å². The van der Waals surface area contributed by atoms with Gasteiger partial charge < -0.3 is 25.0 Å². The van der Waals surface area contributed by atoms with Crippen molar-refractivity contribution in [3.05, 3.63) is 66.0 Å². The van der Waals surface area contributed by atoms with Crippen molar-refractivity contribution in [2.75, 3.05) is 44.7 Å². The molecule has 2 aromatic heterocycles. The first kappa shape index (κ1) is 21.5. The van der Waals surface area contributed by atoms with Crippen LogP contribution >= 0.6 is 0 Å². The molecule has 2 N–H and O–H groups in total. The molecule has 1 saturated heterocycles.